The molecule has 2 aliphatic heterocycles. The van der Waals surface area contributed by atoms with Crippen LogP contribution in [0.1, 0.15) is 24.8 Å². The summed E-state index contributed by atoms with van der Waals surface area (Å²) in [6.07, 6.45) is 3.78. The number of halogens is 1. The van der Waals surface area contributed by atoms with E-state index in [1.165, 1.54) is 30.5 Å². The summed E-state index contributed by atoms with van der Waals surface area (Å²) in [5, 5.41) is 0.812. The van der Waals surface area contributed by atoms with E-state index in [0.717, 1.165) is 43.6 Å². The van der Waals surface area contributed by atoms with Crippen LogP contribution in [0, 0.1) is 6.92 Å². The van der Waals surface area contributed by atoms with Gasteiger partial charge in [-0.25, -0.2) is 0 Å². The second-order valence-corrected chi connectivity index (χ2v) is 7.99. The highest BCUT2D eigenvalue weighted by atomic mass is 35.5. The first-order valence-corrected chi connectivity index (χ1v) is 9.98. The van der Waals surface area contributed by atoms with Gasteiger partial charge in [-0.05, 0) is 62.1 Å². The van der Waals surface area contributed by atoms with E-state index < -0.39 is 0 Å². The summed E-state index contributed by atoms with van der Waals surface area (Å²) < 4.78 is 5.97. The molecule has 138 valence electrons. The lowest BCUT2D eigenvalue weighted by atomic mass is 9.76. The van der Waals surface area contributed by atoms with E-state index in [9.17, 15) is 0 Å². The van der Waals surface area contributed by atoms with Crippen molar-refractivity contribution in [2.45, 2.75) is 31.7 Å². The van der Waals surface area contributed by atoms with Crippen LogP contribution >= 0.6 is 11.6 Å². The van der Waals surface area contributed by atoms with E-state index in [1.807, 2.05) is 18.2 Å². The molecule has 1 spiro atoms. The lowest BCUT2D eigenvalue weighted by Gasteiger charge is -2.58. The van der Waals surface area contributed by atoms with Gasteiger partial charge in [0, 0.05) is 42.4 Å². The van der Waals surface area contributed by atoms with Crippen molar-refractivity contribution in [1.82, 2.24) is 4.90 Å². The molecule has 0 aromatic heterocycles. The number of nitrogens with zero attached hydrogens (tertiary/aromatic N) is 2. The van der Waals surface area contributed by atoms with Crippen LogP contribution in [0.3, 0.4) is 0 Å². The first-order chi connectivity index (χ1) is 12.7. The van der Waals surface area contributed by atoms with E-state index in [-0.39, 0.29) is 0 Å². The number of para-hydroxylation sites is 1. The Morgan fingerprint density at radius 3 is 2.31 bits per heavy atom. The van der Waals surface area contributed by atoms with E-state index >= 15 is 0 Å². The van der Waals surface area contributed by atoms with Crippen molar-refractivity contribution in [2.24, 2.45) is 0 Å². The number of rotatable bonds is 5. The maximum atomic E-state index is 6.04. The molecule has 2 aromatic carbocycles. The fourth-order valence-electron chi connectivity index (χ4n) is 4.28. The number of likely N-dealkylation sites (tertiary alicyclic amines) is 1. The summed E-state index contributed by atoms with van der Waals surface area (Å²) >= 11 is 6.04. The van der Waals surface area contributed by atoms with Gasteiger partial charge in [-0.2, -0.15) is 0 Å². The molecule has 4 rings (SSSR count). The maximum absolute atomic E-state index is 6.04. The van der Waals surface area contributed by atoms with Crippen molar-refractivity contribution in [3.8, 4) is 5.75 Å². The summed E-state index contributed by atoms with van der Waals surface area (Å²) in [4.78, 5) is 5.13. The van der Waals surface area contributed by atoms with Gasteiger partial charge in [0.25, 0.3) is 0 Å². The highest BCUT2D eigenvalue weighted by molar-refractivity contribution is 6.30. The zero-order valence-electron chi connectivity index (χ0n) is 15.5. The molecule has 0 unspecified atom stereocenters. The lowest BCUT2D eigenvalue weighted by molar-refractivity contribution is 0.104. The van der Waals surface area contributed by atoms with E-state index in [1.54, 1.807) is 0 Å². The molecule has 26 heavy (non-hydrogen) atoms. The third-order valence-electron chi connectivity index (χ3n) is 6.06. The van der Waals surface area contributed by atoms with Gasteiger partial charge in [-0.1, -0.05) is 29.8 Å². The molecule has 0 aliphatic carbocycles. The normalized spacial score (nSPS) is 19.4. The SMILES string of the molecule is Cc1ccccc1OCCN1CCC2(CC1)CCN2c1ccc(Cl)cc1. The van der Waals surface area contributed by atoms with Crippen LogP contribution in [-0.2, 0) is 0 Å². The molecule has 0 atom stereocenters. The fourth-order valence-corrected chi connectivity index (χ4v) is 4.41. The molecule has 2 fully saturated rings. The Kier molecular flexibility index (Phi) is 5.10. The molecule has 0 bridgehead atoms. The average molecular weight is 371 g/mol. The van der Waals surface area contributed by atoms with Gasteiger partial charge in [0.2, 0.25) is 0 Å². The van der Waals surface area contributed by atoms with Gasteiger partial charge in [0.05, 0.1) is 0 Å². The summed E-state index contributed by atoms with van der Waals surface area (Å²) in [6, 6.07) is 16.6. The van der Waals surface area contributed by atoms with Crippen LogP contribution < -0.4 is 9.64 Å². The van der Waals surface area contributed by atoms with Gasteiger partial charge < -0.3 is 9.64 Å². The smallest absolute Gasteiger partial charge is 0.122 e. The Bertz CT molecular complexity index is 738. The molecule has 2 aliphatic rings. The minimum Gasteiger partial charge on any atom is -0.492 e. The first-order valence-electron chi connectivity index (χ1n) is 9.60. The quantitative estimate of drug-likeness (QED) is 0.753. The van der Waals surface area contributed by atoms with Crippen LogP contribution in [0.2, 0.25) is 5.02 Å². The minimum atomic E-state index is 0.362. The highest BCUT2D eigenvalue weighted by Gasteiger charge is 2.46. The third kappa shape index (κ3) is 3.56. The molecule has 0 saturated carbocycles. The fraction of sp³-hybridized carbons (Fsp3) is 0.455. The van der Waals surface area contributed by atoms with Gasteiger partial charge in [0.15, 0.2) is 0 Å². The van der Waals surface area contributed by atoms with Crippen LogP contribution in [0.5, 0.6) is 5.75 Å². The van der Waals surface area contributed by atoms with Crippen molar-refractivity contribution in [1.29, 1.82) is 0 Å². The van der Waals surface area contributed by atoms with E-state index in [2.05, 4.69) is 47.1 Å². The van der Waals surface area contributed by atoms with Crippen molar-refractivity contribution in [2.75, 3.05) is 37.7 Å². The number of hydrogen-bond donors (Lipinski definition) is 0. The van der Waals surface area contributed by atoms with Crippen molar-refractivity contribution >= 4 is 17.3 Å². The number of aryl methyl sites for hydroxylation is 1. The zero-order chi connectivity index (χ0) is 18.0. The molecule has 0 N–H and O–H groups in total. The Morgan fingerprint density at radius 1 is 0.962 bits per heavy atom. The number of piperidine rings is 1. The predicted octanol–water partition coefficient (Wildman–Crippen LogP) is 4.77. The largest absolute Gasteiger partial charge is 0.492 e. The molecule has 2 saturated heterocycles. The second kappa shape index (κ2) is 7.50. The number of benzene rings is 2. The summed E-state index contributed by atoms with van der Waals surface area (Å²) in [6.45, 7) is 7.34. The molecule has 0 amide bonds. The second-order valence-electron chi connectivity index (χ2n) is 7.56. The maximum Gasteiger partial charge on any atom is 0.122 e. The molecule has 0 radical (unpaired) electrons. The van der Waals surface area contributed by atoms with Gasteiger partial charge in [-0.15, -0.1) is 0 Å². The molecule has 3 nitrogen and oxygen atoms in total. The Hall–Kier alpha value is -1.71. The third-order valence-corrected chi connectivity index (χ3v) is 6.31. The van der Waals surface area contributed by atoms with E-state index in [4.69, 9.17) is 16.3 Å². The molecule has 2 aromatic rings. The Balaban J connectivity index is 1.27. The minimum absolute atomic E-state index is 0.362. The average Bonchev–Trinajstić information content (AvgIpc) is 2.65. The summed E-state index contributed by atoms with van der Waals surface area (Å²) in [7, 11) is 0. The van der Waals surface area contributed by atoms with Crippen molar-refractivity contribution < 1.29 is 4.74 Å². The van der Waals surface area contributed by atoms with Crippen LogP contribution in [-0.4, -0.2) is 43.2 Å². The summed E-state index contributed by atoms with van der Waals surface area (Å²) in [5.41, 5.74) is 2.89. The van der Waals surface area contributed by atoms with Gasteiger partial charge in [0.1, 0.15) is 12.4 Å². The molecular formula is C22H27ClN2O. The standard InChI is InChI=1S/C22H27ClN2O/c1-18-4-2-3-5-21(18)26-17-16-24-13-10-22(11-14-24)12-15-25(22)20-8-6-19(23)7-9-20/h2-9H,10-17H2,1H3. The van der Waals surface area contributed by atoms with Crippen LogP contribution in [0.15, 0.2) is 48.5 Å². The van der Waals surface area contributed by atoms with Gasteiger partial charge in [-0.3, -0.25) is 4.90 Å². The van der Waals surface area contributed by atoms with Crippen molar-refractivity contribution in [3.63, 3.8) is 0 Å². The molecule has 2 heterocycles. The van der Waals surface area contributed by atoms with Crippen LogP contribution in [0.25, 0.3) is 0 Å². The predicted molar refractivity (Wildman–Crippen MR) is 108 cm³/mol. The highest BCUT2D eigenvalue weighted by Crippen LogP contribution is 2.43. The lowest BCUT2D eigenvalue weighted by Crippen LogP contribution is -2.64. The monoisotopic (exact) mass is 370 g/mol. The molecule has 4 heteroatoms. The van der Waals surface area contributed by atoms with Crippen molar-refractivity contribution in [3.05, 3.63) is 59.1 Å². The number of ether oxygens (including phenoxy) is 1. The first kappa shape index (κ1) is 17.7. The number of hydrogen-bond acceptors (Lipinski definition) is 3. The van der Waals surface area contributed by atoms with E-state index in [0.29, 0.717) is 5.54 Å². The number of anilines is 1. The Morgan fingerprint density at radius 2 is 1.65 bits per heavy atom. The zero-order valence-corrected chi connectivity index (χ0v) is 16.2. The topological polar surface area (TPSA) is 15.7 Å². The van der Waals surface area contributed by atoms with Gasteiger partial charge >= 0.3 is 0 Å². The Labute approximate surface area is 161 Å². The summed E-state index contributed by atoms with van der Waals surface area (Å²) in [5.74, 6) is 1.01. The van der Waals surface area contributed by atoms with Crippen LogP contribution in [0.4, 0.5) is 5.69 Å². The molecular weight excluding hydrogens is 344 g/mol.